The molecule has 1 aliphatic heterocycles. The molecule has 25 heavy (non-hydrogen) atoms. The van der Waals surface area contributed by atoms with Crippen LogP contribution in [0.1, 0.15) is 12.5 Å². The second kappa shape index (κ2) is 6.64. The van der Waals surface area contributed by atoms with Crippen LogP contribution >= 0.6 is 11.6 Å². The summed E-state index contributed by atoms with van der Waals surface area (Å²) in [6.45, 7) is 3.53. The number of ether oxygens (including phenoxy) is 1. The van der Waals surface area contributed by atoms with Gasteiger partial charge in [-0.2, -0.15) is 23.0 Å². The van der Waals surface area contributed by atoms with Crippen LogP contribution in [0, 0.1) is 0 Å². The van der Waals surface area contributed by atoms with Gasteiger partial charge in [-0.15, -0.1) is 0 Å². The largest absolute Gasteiger partial charge is 0.417 e. The fourth-order valence-corrected chi connectivity index (χ4v) is 2.77. The highest BCUT2D eigenvalue weighted by atomic mass is 35.5. The van der Waals surface area contributed by atoms with Gasteiger partial charge in [-0.3, -0.25) is 4.79 Å². The Kier molecular flexibility index (Phi) is 4.70. The lowest BCUT2D eigenvalue weighted by molar-refractivity contribution is -0.137. The molecule has 1 fully saturated rings. The summed E-state index contributed by atoms with van der Waals surface area (Å²) in [4.78, 5) is 18.0. The van der Waals surface area contributed by atoms with E-state index in [4.69, 9.17) is 16.3 Å². The Hall–Kier alpha value is -2.13. The molecule has 134 valence electrons. The molecule has 0 aromatic carbocycles. The molecule has 1 aliphatic rings. The molecule has 3 heterocycles. The van der Waals surface area contributed by atoms with E-state index in [0.717, 1.165) is 16.8 Å². The minimum Gasteiger partial charge on any atom is -0.375 e. The van der Waals surface area contributed by atoms with Crippen LogP contribution in [0.2, 0.25) is 5.02 Å². The summed E-state index contributed by atoms with van der Waals surface area (Å²) in [6.07, 6.45) is -2.46. The number of hydrogen-bond acceptors (Lipinski definition) is 5. The zero-order chi connectivity index (χ0) is 18.2. The van der Waals surface area contributed by atoms with Crippen LogP contribution in [0.15, 0.2) is 29.3 Å². The molecule has 0 spiro atoms. The summed E-state index contributed by atoms with van der Waals surface area (Å²) >= 11 is 6.17. The predicted octanol–water partition coefficient (Wildman–Crippen LogP) is 2.52. The monoisotopic (exact) mass is 374 g/mol. The number of hydrogen-bond donors (Lipinski definition) is 0. The maximum absolute atomic E-state index is 12.6. The molecule has 3 rings (SSSR count). The molecule has 1 saturated heterocycles. The molecule has 0 amide bonds. The van der Waals surface area contributed by atoms with Crippen molar-refractivity contribution in [2.45, 2.75) is 19.2 Å². The van der Waals surface area contributed by atoms with Gasteiger partial charge in [0.05, 0.1) is 30.2 Å². The van der Waals surface area contributed by atoms with Gasteiger partial charge >= 0.3 is 6.18 Å². The van der Waals surface area contributed by atoms with Crippen molar-refractivity contribution >= 4 is 17.3 Å². The van der Waals surface area contributed by atoms with Crippen molar-refractivity contribution in [1.29, 1.82) is 0 Å². The van der Waals surface area contributed by atoms with Gasteiger partial charge in [-0.1, -0.05) is 11.6 Å². The first-order chi connectivity index (χ1) is 11.8. The first-order valence-electron chi connectivity index (χ1n) is 7.45. The number of nitrogens with zero attached hydrogens (tertiary/aromatic N) is 4. The first-order valence-corrected chi connectivity index (χ1v) is 7.83. The molecular formula is C15H14ClF3N4O2. The van der Waals surface area contributed by atoms with E-state index in [0.29, 0.717) is 31.6 Å². The molecule has 10 heteroatoms. The van der Waals surface area contributed by atoms with Crippen molar-refractivity contribution in [3.8, 4) is 5.82 Å². The maximum Gasteiger partial charge on any atom is 0.417 e. The van der Waals surface area contributed by atoms with Gasteiger partial charge in [-0.25, -0.2) is 4.98 Å². The number of pyridine rings is 1. The number of alkyl halides is 3. The van der Waals surface area contributed by atoms with Crippen molar-refractivity contribution in [1.82, 2.24) is 14.8 Å². The highest BCUT2D eigenvalue weighted by Crippen LogP contribution is 2.29. The Labute approximate surface area is 145 Å². The molecule has 0 bridgehead atoms. The van der Waals surface area contributed by atoms with Crippen molar-refractivity contribution < 1.29 is 17.9 Å². The molecule has 6 nitrogen and oxygen atoms in total. The summed E-state index contributed by atoms with van der Waals surface area (Å²) < 4.78 is 44.1. The summed E-state index contributed by atoms with van der Waals surface area (Å²) in [5, 5.41) is 3.93. The summed E-state index contributed by atoms with van der Waals surface area (Å²) in [5.74, 6) is -0.0400. The fourth-order valence-electron chi connectivity index (χ4n) is 2.52. The van der Waals surface area contributed by atoms with Gasteiger partial charge in [0.15, 0.2) is 5.82 Å². The minimum absolute atomic E-state index is 0.0103. The van der Waals surface area contributed by atoms with Crippen LogP contribution in [-0.2, 0) is 10.9 Å². The highest BCUT2D eigenvalue weighted by molar-refractivity contribution is 6.33. The van der Waals surface area contributed by atoms with E-state index in [1.165, 1.54) is 6.20 Å². The van der Waals surface area contributed by atoms with Crippen LogP contribution in [0.3, 0.4) is 0 Å². The molecule has 1 atom stereocenters. The average molecular weight is 375 g/mol. The topological polar surface area (TPSA) is 60.2 Å². The second-order valence-electron chi connectivity index (χ2n) is 5.59. The Bertz CT molecular complexity index is 823. The Morgan fingerprint density at radius 3 is 2.68 bits per heavy atom. The van der Waals surface area contributed by atoms with Crippen molar-refractivity contribution in [2.75, 3.05) is 24.6 Å². The quantitative estimate of drug-likeness (QED) is 0.808. The zero-order valence-electron chi connectivity index (χ0n) is 13.1. The summed E-state index contributed by atoms with van der Waals surface area (Å²) in [5.41, 5.74) is -1.09. The van der Waals surface area contributed by atoms with Gasteiger partial charge < -0.3 is 9.64 Å². The van der Waals surface area contributed by atoms with E-state index < -0.39 is 17.3 Å². The van der Waals surface area contributed by atoms with Crippen LogP contribution in [-0.4, -0.2) is 40.6 Å². The number of morpholine rings is 1. The second-order valence-corrected chi connectivity index (χ2v) is 5.97. The third-order valence-electron chi connectivity index (χ3n) is 3.77. The number of halogens is 4. The number of anilines is 1. The van der Waals surface area contributed by atoms with Crippen molar-refractivity contribution in [2.24, 2.45) is 0 Å². The molecule has 2 aromatic heterocycles. The SMILES string of the molecule is CC1CN(c2cnn(-c3ccc(C(F)(F)F)cn3)c(=O)c2Cl)CCO1. The van der Waals surface area contributed by atoms with Gasteiger partial charge in [-0.05, 0) is 19.1 Å². The molecule has 2 aromatic rings. The standard InChI is InChI=1S/C15H14ClF3N4O2/c1-9-8-22(4-5-25-9)11-7-21-23(14(24)13(11)16)12-3-2-10(6-20-12)15(17,18)19/h2-3,6-7,9H,4-5,8H2,1H3. The fraction of sp³-hybridized carbons (Fsp3) is 0.400. The predicted molar refractivity (Wildman–Crippen MR) is 85.3 cm³/mol. The Balaban J connectivity index is 1.94. The van der Waals surface area contributed by atoms with Crippen molar-refractivity contribution in [3.05, 3.63) is 45.5 Å². The first kappa shape index (κ1) is 17.7. The van der Waals surface area contributed by atoms with E-state index in [1.807, 2.05) is 11.8 Å². The van der Waals surface area contributed by atoms with Gasteiger partial charge in [0.1, 0.15) is 5.02 Å². The summed E-state index contributed by atoms with van der Waals surface area (Å²) in [6, 6.07) is 1.91. The number of aromatic nitrogens is 3. The van der Waals surface area contributed by atoms with Crippen LogP contribution in [0.25, 0.3) is 5.82 Å². The normalized spacial score (nSPS) is 18.4. The molecule has 0 radical (unpaired) electrons. The van der Waals surface area contributed by atoms with Crippen LogP contribution in [0.4, 0.5) is 18.9 Å². The van der Waals surface area contributed by atoms with Gasteiger partial charge in [0.25, 0.3) is 5.56 Å². The van der Waals surface area contributed by atoms with E-state index in [1.54, 1.807) is 0 Å². The Morgan fingerprint density at radius 2 is 2.08 bits per heavy atom. The zero-order valence-corrected chi connectivity index (χ0v) is 13.9. The van der Waals surface area contributed by atoms with Gasteiger partial charge in [0.2, 0.25) is 0 Å². The highest BCUT2D eigenvalue weighted by Gasteiger charge is 2.31. The van der Waals surface area contributed by atoms with E-state index in [9.17, 15) is 18.0 Å². The third-order valence-corrected chi connectivity index (χ3v) is 4.13. The smallest absolute Gasteiger partial charge is 0.375 e. The van der Waals surface area contributed by atoms with E-state index >= 15 is 0 Å². The maximum atomic E-state index is 12.6. The van der Waals surface area contributed by atoms with Crippen molar-refractivity contribution in [3.63, 3.8) is 0 Å². The third kappa shape index (κ3) is 3.62. The lowest BCUT2D eigenvalue weighted by Crippen LogP contribution is -2.42. The number of rotatable bonds is 2. The van der Waals surface area contributed by atoms with Crippen LogP contribution < -0.4 is 10.5 Å². The van der Waals surface area contributed by atoms with E-state index in [2.05, 4.69) is 10.1 Å². The molecule has 1 unspecified atom stereocenters. The minimum atomic E-state index is -4.50. The molecule has 0 aliphatic carbocycles. The lowest BCUT2D eigenvalue weighted by Gasteiger charge is -2.33. The molecular weight excluding hydrogens is 361 g/mol. The molecule has 0 N–H and O–H groups in total. The van der Waals surface area contributed by atoms with E-state index in [-0.39, 0.29) is 16.9 Å². The Morgan fingerprint density at radius 1 is 1.32 bits per heavy atom. The lowest BCUT2D eigenvalue weighted by atomic mass is 10.2. The summed E-state index contributed by atoms with van der Waals surface area (Å²) in [7, 11) is 0. The molecule has 0 saturated carbocycles. The van der Waals surface area contributed by atoms with Crippen LogP contribution in [0.5, 0.6) is 0 Å². The average Bonchev–Trinajstić information content (AvgIpc) is 2.56. The van der Waals surface area contributed by atoms with Gasteiger partial charge in [0, 0.05) is 19.3 Å².